The van der Waals surface area contributed by atoms with Crippen LogP contribution in [0.25, 0.3) is 0 Å². The number of carbonyl (C=O) groups is 1. The van der Waals surface area contributed by atoms with E-state index < -0.39 is 0 Å². The summed E-state index contributed by atoms with van der Waals surface area (Å²) in [4.78, 5) is 12.0. The number of carbonyl (C=O) groups excluding carboxylic acids is 1. The first-order valence-corrected chi connectivity index (χ1v) is 7.07. The van der Waals surface area contributed by atoms with Gasteiger partial charge in [0.25, 0.3) is 0 Å². The van der Waals surface area contributed by atoms with Gasteiger partial charge in [0.15, 0.2) is 0 Å². The van der Waals surface area contributed by atoms with Gasteiger partial charge in [0.05, 0.1) is 12.1 Å². The van der Waals surface area contributed by atoms with Gasteiger partial charge in [0.1, 0.15) is 0 Å². The third kappa shape index (κ3) is 5.77. The van der Waals surface area contributed by atoms with Crippen molar-refractivity contribution in [3.05, 3.63) is 46.8 Å². The lowest BCUT2D eigenvalue weighted by molar-refractivity contribution is -0.120. The van der Waals surface area contributed by atoms with Crippen LogP contribution in [-0.4, -0.2) is 22.2 Å². The van der Waals surface area contributed by atoms with Gasteiger partial charge in [-0.05, 0) is 38.0 Å². The lowest BCUT2D eigenvalue weighted by atomic mass is 10.1. The molecule has 0 atom stereocenters. The van der Waals surface area contributed by atoms with E-state index in [2.05, 4.69) is 10.4 Å². The van der Waals surface area contributed by atoms with Crippen LogP contribution in [0.1, 0.15) is 22.5 Å². The van der Waals surface area contributed by atoms with Crippen LogP contribution >= 0.6 is 24.8 Å². The molecule has 0 spiro atoms. The number of amides is 1. The monoisotopic (exact) mass is 358 g/mol. The van der Waals surface area contributed by atoms with Crippen LogP contribution in [0.5, 0.6) is 0 Å². The molecule has 128 valence electrons. The molecule has 0 fully saturated rings. The Morgan fingerprint density at radius 1 is 1.22 bits per heavy atom. The van der Waals surface area contributed by atoms with E-state index in [0.29, 0.717) is 13.0 Å². The molecule has 1 heterocycles. The van der Waals surface area contributed by atoms with Crippen LogP contribution in [0.4, 0.5) is 5.69 Å². The van der Waals surface area contributed by atoms with Crippen molar-refractivity contribution >= 4 is 36.4 Å². The summed E-state index contributed by atoms with van der Waals surface area (Å²) in [5, 5.41) is 7.28. The van der Waals surface area contributed by atoms with E-state index in [4.69, 9.17) is 5.73 Å². The van der Waals surface area contributed by atoms with Crippen LogP contribution in [0.15, 0.2) is 24.3 Å². The highest BCUT2D eigenvalue weighted by atomic mass is 35.5. The summed E-state index contributed by atoms with van der Waals surface area (Å²) in [5.74, 6) is 0.0321. The first-order valence-electron chi connectivity index (χ1n) is 7.07. The predicted octanol–water partition coefficient (Wildman–Crippen LogP) is 2.36. The van der Waals surface area contributed by atoms with Crippen molar-refractivity contribution in [3.8, 4) is 0 Å². The Morgan fingerprint density at radius 3 is 2.35 bits per heavy atom. The van der Waals surface area contributed by atoms with E-state index in [1.165, 1.54) is 5.56 Å². The van der Waals surface area contributed by atoms with E-state index >= 15 is 0 Å². The van der Waals surface area contributed by atoms with Crippen molar-refractivity contribution in [2.45, 2.75) is 26.7 Å². The fourth-order valence-electron chi connectivity index (χ4n) is 2.33. The molecule has 0 unspecified atom stereocenters. The Labute approximate surface area is 149 Å². The van der Waals surface area contributed by atoms with Gasteiger partial charge >= 0.3 is 0 Å². The Bertz CT molecular complexity index is 638. The zero-order valence-electron chi connectivity index (χ0n) is 13.6. The zero-order valence-corrected chi connectivity index (χ0v) is 15.3. The molecule has 1 aromatic heterocycles. The summed E-state index contributed by atoms with van der Waals surface area (Å²) in [5.41, 5.74) is 10.5. The third-order valence-corrected chi connectivity index (χ3v) is 3.71. The number of aromatic nitrogens is 2. The molecule has 7 heteroatoms. The molecular weight excluding hydrogens is 335 g/mol. The molecule has 0 saturated carbocycles. The molecule has 1 amide bonds. The molecular formula is C16H24Cl2N4O. The van der Waals surface area contributed by atoms with Crippen molar-refractivity contribution in [2.24, 2.45) is 7.05 Å². The Hall–Kier alpha value is -1.72. The molecule has 2 rings (SSSR count). The summed E-state index contributed by atoms with van der Waals surface area (Å²) in [6.07, 6.45) is 1.18. The lowest BCUT2D eigenvalue weighted by Crippen LogP contribution is -2.27. The van der Waals surface area contributed by atoms with Gasteiger partial charge in [-0.2, -0.15) is 5.10 Å². The Kier molecular flexibility index (Phi) is 8.72. The molecule has 2 aromatic rings. The van der Waals surface area contributed by atoms with Crippen LogP contribution in [0.2, 0.25) is 0 Å². The predicted molar refractivity (Wildman–Crippen MR) is 98.5 cm³/mol. The highest BCUT2D eigenvalue weighted by Gasteiger charge is 2.12. The normalized spacial score (nSPS) is 9.70. The third-order valence-electron chi connectivity index (χ3n) is 3.71. The lowest BCUT2D eigenvalue weighted by Gasteiger charge is -2.06. The number of nitrogens with zero attached hydrogens (tertiary/aromatic N) is 2. The van der Waals surface area contributed by atoms with Crippen molar-refractivity contribution < 1.29 is 4.79 Å². The maximum atomic E-state index is 12.0. The number of hydrogen-bond donors (Lipinski definition) is 2. The Morgan fingerprint density at radius 2 is 1.83 bits per heavy atom. The molecule has 0 aliphatic rings. The van der Waals surface area contributed by atoms with E-state index in [0.717, 1.165) is 29.1 Å². The number of hydrogen-bond acceptors (Lipinski definition) is 3. The summed E-state index contributed by atoms with van der Waals surface area (Å²) in [7, 11) is 1.89. The smallest absolute Gasteiger partial charge is 0.224 e. The maximum Gasteiger partial charge on any atom is 0.224 e. The number of anilines is 1. The van der Waals surface area contributed by atoms with Gasteiger partial charge in [-0.15, -0.1) is 24.8 Å². The van der Waals surface area contributed by atoms with Gasteiger partial charge < -0.3 is 11.1 Å². The summed E-state index contributed by atoms with van der Waals surface area (Å²) in [6, 6.07) is 7.72. The van der Waals surface area contributed by atoms with E-state index in [-0.39, 0.29) is 30.7 Å². The fourth-order valence-corrected chi connectivity index (χ4v) is 2.33. The molecule has 5 nitrogen and oxygen atoms in total. The number of nitrogens with two attached hydrogens (primary N) is 1. The SMILES string of the molecule is Cc1nn(C)c(C)c1CC(=O)NCCc1ccc(N)cc1.Cl.Cl. The average molecular weight is 359 g/mol. The molecule has 0 radical (unpaired) electrons. The van der Waals surface area contributed by atoms with E-state index in [1.807, 2.05) is 49.8 Å². The first-order chi connectivity index (χ1) is 9.97. The number of aryl methyl sites for hydroxylation is 2. The highest BCUT2D eigenvalue weighted by Crippen LogP contribution is 2.12. The highest BCUT2D eigenvalue weighted by molar-refractivity contribution is 5.85. The largest absolute Gasteiger partial charge is 0.399 e. The topological polar surface area (TPSA) is 72.9 Å². The van der Waals surface area contributed by atoms with Gasteiger partial charge in [0.2, 0.25) is 5.91 Å². The van der Waals surface area contributed by atoms with Gasteiger partial charge in [-0.1, -0.05) is 12.1 Å². The quantitative estimate of drug-likeness (QED) is 0.805. The maximum absolute atomic E-state index is 12.0. The molecule has 3 N–H and O–H groups in total. The molecule has 0 bridgehead atoms. The molecule has 0 saturated heterocycles. The molecule has 23 heavy (non-hydrogen) atoms. The number of rotatable bonds is 5. The summed E-state index contributed by atoms with van der Waals surface area (Å²) in [6.45, 7) is 4.54. The first kappa shape index (κ1) is 21.3. The van der Waals surface area contributed by atoms with Crippen molar-refractivity contribution in [1.82, 2.24) is 15.1 Å². The van der Waals surface area contributed by atoms with Crippen molar-refractivity contribution in [1.29, 1.82) is 0 Å². The minimum Gasteiger partial charge on any atom is -0.399 e. The van der Waals surface area contributed by atoms with E-state index in [1.54, 1.807) is 0 Å². The van der Waals surface area contributed by atoms with Crippen LogP contribution < -0.4 is 11.1 Å². The zero-order chi connectivity index (χ0) is 15.4. The van der Waals surface area contributed by atoms with E-state index in [9.17, 15) is 4.79 Å². The minimum atomic E-state index is 0. The molecule has 0 aliphatic carbocycles. The number of nitrogens with one attached hydrogen (secondary N) is 1. The number of nitrogen functional groups attached to an aromatic ring is 1. The standard InChI is InChI=1S/C16H22N4O.2ClH/c1-11-15(12(2)20(3)19-11)10-16(21)18-9-8-13-4-6-14(17)7-5-13;;/h4-7H,8-10,17H2,1-3H3,(H,18,21);2*1H. The van der Waals surface area contributed by atoms with Crippen LogP contribution in [-0.2, 0) is 24.7 Å². The number of benzene rings is 1. The van der Waals surface area contributed by atoms with Crippen molar-refractivity contribution in [3.63, 3.8) is 0 Å². The summed E-state index contributed by atoms with van der Waals surface area (Å²) < 4.78 is 1.81. The van der Waals surface area contributed by atoms with Gasteiger partial charge in [0, 0.05) is 30.5 Å². The average Bonchev–Trinajstić information content (AvgIpc) is 2.68. The Balaban J connectivity index is 0.00000242. The van der Waals surface area contributed by atoms with Crippen molar-refractivity contribution in [2.75, 3.05) is 12.3 Å². The second-order valence-corrected chi connectivity index (χ2v) is 5.29. The second-order valence-electron chi connectivity index (χ2n) is 5.29. The second kappa shape index (κ2) is 9.43. The summed E-state index contributed by atoms with van der Waals surface area (Å²) >= 11 is 0. The molecule has 0 aliphatic heterocycles. The minimum absolute atomic E-state index is 0. The fraction of sp³-hybridized carbons (Fsp3) is 0.375. The van der Waals surface area contributed by atoms with Crippen LogP contribution in [0, 0.1) is 13.8 Å². The van der Waals surface area contributed by atoms with Crippen LogP contribution in [0.3, 0.4) is 0 Å². The van der Waals surface area contributed by atoms with Gasteiger partial charge in [-0.3, -0.25) is 9.48 Å². The van der Waals surface area contributed by atoms with Gasteiger partial charge in [-0.25, -0.2) is 0 Å². The number of halogens is 2. The molecule has 1 aromatic carbocycles.